The molecule has 1 atom stereocenters. The fraction of sp³-hybridized carbons (Fsp3) is 0.818. The average Bonchev–Trinajstić information content (AvgIpc) is 2.59. The lowest BCUT2D eigenvalue weighted by Crippen LogP contribution is -2.17. The Labute approximate surface area is 160 Å². The first-order chi connectivity index (χ1) is 12.6. The molecule has 0 aliphatic rings. The molecular formula is C22H40O4. The summed E-state index contributed by atoms with van der Waals surface area (Å²) in [5.74, 6) is -2.76. The molecule has 0 aliphatic carbocycles. The molecule has 0 aromatic rings. The number of carboxylic acids is 2. The molecule has 0 saturated heterocycles. The second-order valence-corrected chi connectivity index (χ2v) is 7.36. The van der Waals surface area contributed by atoms with Crippen molar-refractivity contribution in [1.82, 2.24) is 0 Å². The number of allylic oxidation sites excluding steroid dienone is 2. The van der Waals surface area contributed by atoms with Crippen molar-refractivity contribution in [2.45, 2.75) is 110 Å². The number of carboxylic acid groups (broad SMARTS) is 2. The number of rotatable bonds is 19. The molecule has 0 radical (unpaired) electrons. The lowest BCUT2D eigenvalue weighted by Gasteiger charge is -2.08. The van der Waals surface area contributed by atoms with Gasteiger partial charge >= 0.3 is 11.9 Å². The monoisotopic (exact) mass is 368 g/mol. The summed E-state index contributed by atoms with van der Waals surface area (Å²) >= 11 is 0. The minimum absolute atomic E-state index is 0.270. The second-order valence-electron chi connectivity index (χ2n) is 7.36. The number of unbranched alkanes of at least 4 members (excludes halogenated alkanes) is 12. The fourth-order valence-corrected chi connectivity index (χ4v) is 3.16. The van der Waals surface area contributed by atoms with Gasteiger partial charge in [-0.15, -0.1) is 0 Å². The molecule has 0 aromatic carbocycles. The molecule has 0 rings (SSSR count). The van der Waals surface area contributed by atoms with Crippen molar-refractivity contribution < 1.29 is 19.8 Å². The molecule has 4 heteroatoms. The average molecular weight is 369 g/mol. The third kappa shape index (κ3) is 17.5. The molecule has 0 amide bonds. The van der Waals surface area contributed by atoms with Gasteiger partial charge in [0.15, 0.2) is 0 Å². The first-order valence-electron chi connectivity index (χ1n) is 10.7. The van der Waals surface area contributed by atoms with Crippen molar-refractivity contribution in [3.8, 4) is 0 Å². The molecule has 4 nitrogen and oxygen atoms in total. The van der Waals surface area contributed by atoms with Gasteiger partial charge in [0.25, 0.3) is 0 Å². The maximum absolute atomic E-state index is 11.0. The van der Waals surface area contributed by atoms with Crippen LogP contribution in [0.3, 0.4) is 0 Å². The van der Waals surface area contributed by atoms with Crippen LogP contribution in [-0.4, -0.2) is 22.2 Å². The predicted molar refractivity (Wildman–Crippen MR) is 107 cm³/mol. The molecular weight excluding hydrogens is 328 g/mol. The highest BCUT2D eigenvalue weighted by Crippen LogP contribution is 2.15. The number of hydrogen-bond acceptors (Lipinski definition) is 2. The van der Waals surface area contributed by atoms with Crippen LogP contribution < -0.4 is 0 Å². The van der Waals surface area contributed by atoms with E-state index in [0.29, 0.717) is 6.42 Å². The van der Waals surface area contributed by atoms with Crippen LogP contribution >= 0.6 is 0 Å². The fourth-order valence-electron chi connectivity index (χ4n) is 3.16. The van der Waals surface area contributed by atoms with E-state index in [0.717, 1.165) is 32.1 Å². The smallest absolute Gasteiger partial charge is 0.307 e. The van der Waals surface area contributed by atoms with Gasteiger partial charge in [0, 0.05) is 0 Å². The topological polar surface area (TPSA) is 74.6 Å². The molecule has 0 aromatic heterocycles. The summed E-state index contributed by atoms with van der Waals surface area (Å²) in [6.07, 6.45) is 21.9. The molecule has 0 heterocycles. The molecule has 0 aliphatic heterocycles. The maximum atomic E-state index is 11.0. The Hall–Kier alpha value is -1.32. The van der Waals surface area contributed by atoms with Gasteiger partial charge in [-0.3, -0.25) is 9.59 Å². The molecule has 1 unspecified atom stereocenters. The molecule has 152 valence electrons. The molecule has 0 fully saturated rings. The summed E-state index contributed by atoms with van der Waals surface area (Å²) < 4.78 is 0. The van der Waals surface area contributed by atoms with Gasteiger partial charge in [-0.2, -0.15) is 0 Å². The van der Waals surface area contributed by atoms with Gasteiger partial charge in [0.2, 0.25) is 0 Å². The van der Waals surface area contributed by atoms with E-state index in [1.165, 1.54) is 57.8 Å². The van der Waals surface area contributed by atoms with Crippen LogP contribution in [0.5, 0.6) is 0 Å². The van der Waals surface area contributed by atoms with Crippen LogP contribution in [0.4, 0.5) is 0 Å². The van der Waals surface area contributed by atoms with Crippen LogP contribution in [0.2, 0.25) is 0 Å². The Kier molecular flexibility index (Phi) is 17.5. The zero-order valence-corrected chi connectivity index (χ0v) is 16.8. The SMILES string of the molecule is CCCCCCCCCCCC=CCCCCCC(CC(=O)O)C(=O)O. The van der Waals surface area contributed by atoms with Gasteiger partial charge in [0.1, 0.15) is 0 Å². The zero-order chi connectivity index (χ0) is 19.5. The van der Waals surface area contributed by atoms with Gasteiger partial charge < -0.3 is 10.2 Å². The van der Waals surface area contributed by atoms with E-state index in [2.05, 4.69) is 19.1 Å². The Balaban J connectivity index is 3.38. The second kappa shape index (κ2) is 18.5. The maximum Gasteiger partial charge on any atom is 0.307 e. The summed E-state index contributed by atoms with van der Waals surface area (Å²) in [6, 6.07) is 0. The Bertz CT molecular complexity index is 376. The molecule has 0 saturated carbocycles. The van der Waals surface area contributed by atoms with Crippen molar-refractivity contribution >= 4 is 11.9 Å². The number of hydrogen-bond donors (Lipinski definition) is 2. The van der Waals surface area contributed by atoms with Crippen LogP contribution in [0.1, 0.15) is 110 Å². The van der Waals surface area contributed by atoms with E-state index in [9.17, 15) is 9.59 Å². The van der Waals surface area contributed by atoms with Crippen LogP contribution in [0.25, 0.3) is 0 Å². The molecule has 0 bridgehead atoms. The van der Waals surface area contributed by atoms with E-state index >= 15 is 0 Å². The van der Waals surface area contributed by atoms with E-state index in [4.69, 9.17) is 10.2 Å². The third-order valence-corrected chi connectivity index (χ3v) is 4.83. The summed E-state index contributed by atoms with van der Waals surface area (Å²) in [5.41, 5.74) is 0. The highest BCUT2D eigenvalue weighted by Gasteiger charge is 2.19. The highest BCUT2D eigenvalue weighted by atomic mass is 16.4. The number of aliphatic carboxylic acids is 2. The first-order valence-corrected chi connectivity index (χ1v) is 10.7. The first kappa shape index (κ1) is 24.7. The normalized spacial score (nSPS) is 12.5. The standard InChI is InChI=1S/C22H40O4/c1-2-3-4-5-6-7-8-9-10-11-12-13-14-15-16-17-18-20(22(25)26)19-21(23)24/h12-13,20H,2-11,14-19H2,1H3,(H,23,24)(H,25,26). The van der Waals surface area contributed by atoms with Crippen molar-refractivity contribution in [1.29, 1.82) is 0 Å². The Morgan fingerprint density at radius 1 is 0.731 bits per heavy atom. The van der Waals surface area contributed by atoms with Crippen LogP contribution in [-0.2, 0) is 9.59 Å². The van der Waals surface area contributed by atoms with E-state index in [1.54, 1.807) is 0 Å². The van der Waals surface area contributed by atoms with Crippen molar-refractivity contribution in [2.24, 2.45) is 5.92 Å². The van der Waals surface area contributed by atoms with Gasteiger partial charge in [0.05, 0.1) is 12.3 Å². The highest BCUT2D eigenvalue weighted by molar-refractivity contribution is 5.77. The number of carbonyl (C=O) groups is 2. The quantitative estimate of drug-likeness (QED) is 0.199. The summed E-state index contributed by atoms with van der Waals surface area (Å²) in [5, 5.41) is 17.7. The van der Waals surface area contributed by atoms with E-state index < -0.39 is 17.9 Å². The van der Waals surface area contributed by atoms with E-state index in [-0.39, 0.29) is 6.42 Å². The third-order valence-electron chi connectivity index (χ3n) is 4.83. The summed E-state index contributed by atoms with van der Waals surface area (Å²) in [7, 11) is 0. The predicted octanol–water partition coefficient (Wildman–Crippen LogP) is 6.59. The van der Waals surface area contributed by atoms with Crippen molar-refractivity contribution in [2.75, 3.05) is 0 Å². The van der Waals surface area contributed by atoms with Gasteiger partial charge in [-0.05, 0) is 32.1 Å². The van der Waals surface area contributed by atoms with Crippen molar-refractivity contribution in [3.63, 3.8) is 0 Å². The van der Waals surface area contributed by atoms with Crippen LogP contribution in [0, 0.1) is 5.92 Å². The van der Waals surface area contributed by atoms with Crippen molar-refractivity contribution in [3.05, 3.63) is 12.2 Å². The largest absolute Gasteiger partial charge is 0.481 e. The minimum Gasteiger partial charge on any atom is -0.481 e. The summed E-state index contributed by atoms with van der Waals surface area (Å²) in [6.45, 7) is 2.25. The van der Waals surface area contributed by atoms with Gasteiger partial charge in [-0.25, -0.2) is 0 Å². The molecule has 0 spiro atoms. The van der Waals surface area contributed by atoms with Gasteiger partial charge in [-0.1, -0.05) is 83.3 Å². The zero-order valence-electron chi connectivity index (χ0n) is 16.8. The van der Waals surface area contributed by atoms with E-state index in [1.807, 2.05) is 0 Å². The lowest BCUT2D eigenvalue weighted by molar-refractivity contribution is -0.148. The lowest BCUT2D eigenvalue weighted by atomic mass is 9.97. The minimum atomic E-state index is -1.03. The molecule has 26 heavy (non-hydrogen) atoms. The van der Waals surface area contributed by atoms with Crippen LogP contribution in [0.15, 0.2) is 12.2 Å². The molecule has 2 N–H and O–H groups in total. The Morgan fingerprint density at radius 2 is 1.19 bits per heavy atom. The summed E-state index contributed by atoms with van der Waals surface area (Å²) in [4.78, 5) is 21.6. The Morgan fingerprint density at radius 3 is 1.65 bits per heavy atom.